The van der Waals surface area contributed by atoms with Crippen LogP contribution in [-0.2, 0) is 4.79 Å². The third kappa shape index (κ3) is 4.18. The largest absolute Gasteiger partial charge is 0.372 e. The third-order valence-corrected chi connectivity index (χ3v) is 3.83. The van der Waals surface area contributed by atoms with Gasteiger partial charge in [0.2, 0.25) is 5.91 Å². The highest BCUT2D eigenvalue weighted by Gasteiger charge is 2.10. The summed E-state index contributed by atoms with van der Waals surface area (Å²) in [7, 11) is 0. The molecule has 2 heterocycles. The van der Waals surface area contributed by atoms with Crippen molar-refractivity contribution in [3.8, 4) is 0 Å². The molecule has 0 radical (unpaired) electrons. The van der Waals surface area contributed by atoms with E-state index in [1.54, 1.807) is 12.1 Å². The number of hydrogen-bond acceptors (Lipinski definition) is 5. The lowest BCUT2D eigenvalue weighted by Crippen LogP contribution is -2.29. The summed E-state index contributed by atoms with van der Waals surface area (Å²) in [6.45, 7) is 3.73. The van der Waals surface area contributed by atoms with Gasteiger partial charge < -0.3 is 15.5 Å². The van der Waals surface area contributed by atoms with Crippen LogP contribution in [-0.4, -0.2) is 29.2 Å². The highest BCUT2D eigenvalue weighted by Crippen LogP contribution is 2.23. The Bertz CT molecular complexity index is 648. The van der Waals surface area contributed by atoms with Crippen molar-refractivity contribution < 1.29 is 4.79 Å². The van der Waals surface area contributed by atoms with Gasteiger partial charge in [0.1, 0.15) is 0 Å². The van der Waals surface area contributed by atoms with E-state index < -0.39 is 0 Å². The number of rotatable bonds is 4. The quantitative estimate of drug-likeness (QED) is 0.907. The Hall–Kier alpha value is -2.63. The number of carbonyl (C=O) groups is 1. The van der Waals surface area contributed by atoms with Crippen molar-refractivity contribution >= 4 is 28.9 Å². The van der Waals surface area contributed by atoms with E-state index in [2.05, 4.69) is 37.9 Å². The second kappa shape index (κ2) is 7.09. The summed E-state index contributed by atoms with van der Waals surface area (Å²) < 4.78 is 0. The SMILES string of the molecule is CC(=O)Nc1ccc(Nc2ccc(N3CCCCC3)cc2)nn1. The molecule has 0 bridgehead atoms. The third-order valence-electron chi connectivity index (χ3n) is 3.83. The van der Waals surface area contributed by atoms with Gasteiger partial charge in [0.25, 0.3) is 0 Å². The maximum atomic E-state index is 11.0. The van der Waals surface area contributed by atoms with Crippen LogP contribution in [0.1, 0.15) is 26.2 Å². The number of hydrogen-bond donors (Lipinski definition) is 2. The molecule has 0 unspecified atom stereocenters. The summed E-state index contributed by atoms with van der Waals surface area (Å²) in [5, 5.41) is 13.8. The second-order valence-corrected chi connectivity index (χ2v) is 5.70. The Morgan fingerprint density at radius 3 is 2.22 bits per heavy atom. The molecule has 1 amide bonds. The number of carbonyl (C=O) groups excluding carboxylic acids is 1. The summed E-state index contributed by atoms with van der Waals surface area (Å²) in [5.41, 5.74) is 2.23. The number of nitrogens with one attached hydrogen (secondary N) is 2. The first-order valence-corrected chi connectivity index (χ1v) is 7.94. The molecule has 1 aromatic carbocycles. The van der Waals surface area contributed by atoms with Crippen LogP contribution in [0.2, 0.25) is 0 Å². The van der Waals surface area contributed by atoms with Gasteiger partial charge in [-0.15, -0.1) is 10.2 Å². The van der Waals surface area contributed by atoms with Gasteiger partial charge in [-0.3, -0.25) is 4.79 Å². The van der Waals surface area contributed by atoms with E-state index in [0.29, 0.717) is 11.6 Å². The molecular weight excluding hydrogens is 290 g/mol. The summed E-state index contributed by atoms with van der Waals surface area (Å²) in [4.78, 5) is 13.4. The fourth-order valence-corrected chi connectivity index (χ4v) is 2.70. The predicted molar refractivity (Wildman–Crippen MR) is 92.1 cm³/mol. The Kier molecular flexibility index (Phi) is 4.71. The van der Waals surface area contributed by atoms with Crippen molar-refractivity contribution in [2.45, 2.75) is 26.2 Å². The van der Waals surface area contributed by atoms with Crippen LogP contribution < -0.4 is 15.5 Å². The van der Waals surface area contributed by atoms with Crippen molar-refractivity contribution in [1.29, 1.82) is 0 Å². The van der Waals surface area contributed by atoms with Gasteiger partial charge in [-0.25, -0.2) is 0 Å². The van der Waals surface area contributed by atoms with Crippen molar-refractivity contribution in [1.82, 2.24) is 10.2 Å². The average molecular weight is 311 g/mol. The number of benzene rings is 1. The van der Waals surface area contributed by atoms with Gasteiger partial charge in [-0.05, 0) is 55.7 Å². The van der Waals surface area contributed by atoms with E-state index in [0.717, 1.165) is 18.8 Å². The van der Waals surface area contributed by atoms with E-state index in [1.165, 1.54) is 31.9 Å². The number of amides is 1. The van der Waals surface area contributed by atoms with Gasteiger partial charge in [0, 0.05) is 31.4 Å². The van der Waals surface area contributed by atoms with E-state index in [1.807, 2.05) is 12.1 Å². The zero-order chi connectivity index (χ0) is 16.1. The molecule has 0 atom stereocenters. The Labute approximate surface area is 135 Å². The minimum absolute atomic E-state index is 0.159. The molecule has 6 nitrogen and oxygen atoms in total. The van der Waals surface area contributed by atoms with Gasteiger partial charge in [0.05, 0.1) is 0 Å². The van der Waals surface area contributed by atoms with Crippen LogP contribution in [0.4, 0.5) is 23.0 Å². The molecule has 3 rings (SSSR count). The predicted octanol–water partition coefficient (Wildman–Crippen LogP) is 3.17. The molecule has 23 heavy (non-hydrogen) atoms. The maximum Gasteiger partial charge on any atom is 0.222 e. The summed E-state index contributed by atoms with van der Waals surface area (Å²) >= 11 is 0. The maximum absolute atomic E-state index is 11.0. The molecule has 1 fully saturated rings. The molecule has 1 saturated heterocycles. The van der Waals surface area contributed by atoms with Crippen LogP contribution in [0.15, 0.2) is 36.4 Å². The minimum atomic E-state index is -0.159. The van der Waals surface area contributed by atoms with Gasteiger partial charge in [0.15, 0.2) is 11.6 Å². The topological polar surface area (TPSA) is 70.2 Å². The summed E-state index contributed by atoms with van der Waals surface area (Å²) in [6.07, 6.45) is 3.88. The van der Waals surface area contributed by atoms with E-state index in [-0.39, 0.29) is 5.91 Å². The average Bonchev–Trinajstić information content (AvgIpc) is 2.58. The number of anilines is 4. The highest BCUT2D eigenvalue weighted by atomic mass is 16.1. The Morgan fingerprint density at radius 2 is 1.61 bits per heavy atom. The van der Waals surface area contributed by atoms with Crippen LogP contribution >= 0.6 is 0 Å². The highest BCUT2D eigenvalue weighted by molar-refractivity contribution is 5.87. The van der Waals surface area contributed by atoms with E-state index in [4.69, 9.17) is 0 Å². The van der Waals surface area contributed by atoms with Crippen molar-refractivity contribution in [3.05, 3.63) is 36.4 Å². The zero-order valence-corrected chi connectivity index (χ0v) is 13.2. The fourth-order valence-electron chi connectivity index (χ4n) is 2.70. The number of nitrogens with zero attached hydrogens (tertiary/aromatic N) is 3. The lowest BCUT2D eigenvalue weighted by molar-refractivity contribution is -0.114. The van der Waals surface area contributed by atoms with Crippen molar-refractivity contribution in [3.63, 3.8) is 0 Å². The smallest absolute Gasteiger partial charge is 0.222 e. The fraction of sp³-hybridized carbons (Fsp3) is 0.353. The first-order valence-electron chi connectivity index (χ1n) is 7.94. The van der Waals surface area contributed by atoms with E-state index in [9.17, 15) is 4.79 Å². The molecule has 0 spiro atoms. The lowest BCUT2D eigenvalue weighted by atomic mass is 10.1. The standard InChI is InChI=1S/C17H21N5O/c1-13(23)18-16-9-10-17(21-20-16)19-14-5-7-15(8-6-14)22-11-3-2-4-12-22/h5-10H,2-4,11-12H2,1H3,(H,19,21)(H,18,20,23). The van der Waals surface area contributed by atoms with Crippen molar-refractivity contribution in [2.75, 3.05) is 28.6 Å². The first kappa shape index (κ1) is 15.3. The molecular formula is C17H21N5O. The molecule has 1 aromatic heterocycles. The van der Waals surface area contributed by atoms with Gasteiger partial charge in [-0.2, -0.15) is 0 Å². The van der Waals surface area contributed by atoms with Gasteiger partial charge >= 0.3 is 0 Å². The number of piperidine rings is 1. The Morgan fingerprint density at radius 1 is 0.957 bits per heavy atom. The number of aromatic nitrogens is 2. The summed E-state index contributed by atoms with van der Waals surface area (Å²) in [5.74, 6) is 0.932. The lowest BCUT2D eigenvalue weighted by Gasteiger charge is -2.28. The molecule has 1 aliphatic rings. The molecule has 0 aliphatic carbocycles. The van der Waals surface area contributed by atoms with Crippen LogP contribution in [0.25, 0.3) is 0 Å². The second-order valence-electron chi connectivity index (χ2n) is 5.70. The van der Waals surface area contributed by atoms with Crippen LogP contribution in [0.3, 0.4) is 0 Å². The molecule has 2 N–H and O–H groups in total. The normalized spacial score (nSPS) is 14.4. The van der Waals surface area contributed by atoms with Crippen LogP contribution in [0.5, 0.6) is 0 Å². The molecule has 120 valence electrons. The Balaban J connectivity index is 1.62. The molecule has 6 heteroatoms. The van der Waals surface area contributed by atoms with Gasteiger partial charge in [-0.1, -0.05) is 0 Å². The van der Waals surface area contributed by atoms with E-state index >= 15 is 0 Å². The monoisotopic (exact) mass is 311 g/mol. The minimum Gasteiger partial charge on any atom is -0.372 e. The molecule has 2 aromatic rings. The molecule has 1 aliphatic heterocycles. The summed E-state index contributed by atoms with van der Waals surface area (Å²) in [6, 6.07) is 11.9. The first-order chi connectivity index (χ1) is 11.2. The van der Waals surface area contributed by atoms with Crippen molar-refractivity contribution in [2.24, 2.45) is 0 Å². The van der Waals surface area contributed by atoms with Crippen LogP contribution in [0, 0.1) is 0 Å². The molecule has 0 saturated carbocycles. The zero-order valence-electron chi connectivity index (χ0n) is 13.2.